The van der Waals surface area contributed by atoms with Crippen molar-refractivity contribution in [1.82, 2.24) is 30.4 Å². The quantitative estimate of drug-likeness (QED) is 0.740. The van der Waals surface area contributed by atoms with Crippen LogP contribution in [-0.2, 0) is 4.79 Å². The van der Waals surface area contributed by atoms with Gasteiger partial charge in [0.15, 0.2) is 0 Å². The molecule has 3 heterocycles. The SMILES string of the molecule is CC1=C(C(=O)Nc2ccc3[nH]ncc3c2)C(C)n2nnnc2N1C. The summed E-state index contributed by atoms with van der Waals surface area (Å²) in [6.45, 7) is 3.80. The van der Waals surface area contributed by atoms with Crippen molar-refractivity contribution in [3.05, 3.63) is 35.7 Å². The summed E-state index contributed by atoms with van der Waals surface area (Å²) in [6.07, 6.45) is 1.72. The molecule has 0 spiro atoms. The average Bonchev–Trinajstić information content (AvgIpc) is 3.21. The van der Waals surface area contributed by atoms with E-state index in [1.807, 2.05) is 44.0 Å². The Morgan fingerprint density at radius 1 is 1.38 bits per heavy atom. The maximum absolute atomic E-state index is 12.8. The highest BCUT2D eigenvalue weighted by molar-refractivity contribution is 6.06. The van der Waals surface area contributed by atoms with Crippen LogP contribution in [0.4, 0.5) is 11.6 Å². The monoisotopic (exact) mass is 324 g/mol. The first kappa shape index (κ1) is 14.4. The van der Waals surface area contributed by atoms with E-state index in [9.17, 15) is 4.79 Å². The van der Waals surface area contributed by atoms with Crippen LogP contribution in [-0.4, -0.2) is 43.4 Å². The lowest BCUT2D eigenvalue weighted by Gasteiger charge is -2.30. The van der Waals surface area contributed by atoms with Crippen molar-refractivity contribution >= 4 is 28.4 Å². The number of allylic oxidation sites excluding steroid dienone is 1. The van der Waals surface area contributed by atoms with Gasteiger partial charge in [-0.3, -0.25) is 9.89 Å². The van der Waals surface area contributed by atoms with Crippen LogP contribution in [0.3, 0.4) is 0 Å². The van der Waals surface area contributed by atoms with Gasteiger partial charge in [-0.1, -0.05) is 5.10 Å². The number of nitrogens with one attached hydrogen (secondary N) is 2. The normalized spacial score (nSPS) is 17.3. The maximum Gasteiger partial charge on any atom is 0.255 e. The first-order valence-corrected chi connectivity index (χ1v) is 7.53. The predicted molar refractivity (Wildman–Crippen MR) is 88.4 cm³/mol. The molecule has 1 amide bonds. The molecule has 0 bridgehead atoms. The first-order chi connectivity index (χ1) is 11.6. The molecule has 2 N–H and O–H groups in total. The van der Waals surface area contributed by atoms with Crippen LogP contribution in [0.2, 0.25) is 0 Å². The van der Waals surface area contributed by atoms with Crippen LogP contribution in [0.25, 0.3) is 10.9 Å². The van der Waals surface area contributed by atoms with Gasteiger partial charge in [0.25, 0.3) is 5.91 Å². The van der Waals surface area contributed by atoms with Gasteiger partial charge in [0.2, 0.25) is 5.95 Å². The molecule has 122 valence electrons. The summed E-state index contributed by atoms with van der Waals surface area (Å²) in [4.78, 5) is 14.7. The zero-order valence-corrected chi connectivity index (χ0v) is 13.5. The summed E-state index contributed by atoms with van der Waals surface area (Å²) in [6, 6.07) is 5.36. The molecule has 0 fully saturated rings. The van der Waals surface area contributed by atoms with E-state index in [1.165, 1.54) is 0 Å². The molecule has 1 unspecified atom stereocenters. The second kappa shape index (κ2) is 5.15. The minimum absolute atomic E-state index is 0.171. The topological polar surface area (TPSA) is 105 Å². The molecular formula is C15H16N8O. The van der Waals surface area contributed by atoms with Gasteiger partial charge >= 0.3 is 0 Å². The fraction of sp³-hybridized carbons (Fsp3) is 0.267. The number of fused-ring (bicyclic) bond motifs is 2. The summed E-state index contributed by atoms with van der Waals surface area (Å²) < 4.78 is 1.64. The fourth-order valence-corrected chi connectivity index (χ4v) is 2.99. The Bertz CT molecular complexity index is 969. The molecule has 0 radical (unpaired) electrons. The van der Waals surface area contributed by atoms with Crippen LogP contribution in [0, 0.1) is 0 Å². The smallest absolute Gasteiger partial charge is 0.255 e. The lowest BCUT2D eigenvalue weighted by molar-refractivity contribution is -0.113. The van der Waals surface area contributed by atoms with Gasteiger partial charge in [-0.05, 0) is 42.5 Å². The highest BCUT2D eigenvalue weighted by Crippen LogP contribution is 2.32. The van der Waals surface area contributed by atoms with E-state index in [0.717, 1.165) is 16.6 Å². The number of nitrogens with zero attached hydrogens (tertiary/aromatic N) is 6. The van der Waals surface area contributed by atoms with Crippen molar-refractivity contribution in [2.24, 2.45) is 0 Å². The maximum atomic E-state index is 12.8. The summed E-state index contributed by atoms with van der Waals surface area (Å²) in [7, 11) is 1.84. The van der Waals surface area contributed by atoms with Gasteiger partial charge in [0.1, 0.15) is 0 Å². The third-order valence-electron chi connectivity index (χ3n) is 4.40. The Balaban J connectivity index is 1.67. The number of aromatic nitrogens is 6. The number of carbonyl (C=O) groups excluding carboxylic acids is 1. The van der Waals surface area contributed by atoms with Gasteiger partial charge in [-0.15, -0.1) is 0 Å². The third kappa shape index (κ3) is 2.05. The van der Waals surface area contributed by atoms with E-state index in [4.69, 9.17) is 0 Å². The highest BCUT2D eigenvalue weighted by Gasteiger charge is 2.32. The molecule has 3 aromatic rings. The van der Waals surface area contributed by atoms with Gasteiger partial charge in [-0.2, -0.15) is 5.10 Å². The zero-order chi connectivity index (χ0) is 16.8. The Hall–Kier alpha value is -3.23. The minimum atomic E-state index is -0.246. The van der Waals surface area contributed by atoms with Gasteiger partial charge in [0.05, 0.1) is 23.3 Å². The molecule has 0 aliphatic carbocycles. The second-order valence-corrected chi connectivity index (χ2v) is 5.78. The molecule has 1 aliphatic rings. The van der Waals surface area contributed by atoms with Crippen molar-refractivity contribution in [2.45, 2.75) is 19.9 Å². The number of anilines is 2. The van der Waals surface area contributed by atoms with Crippen LogP contribution in [0.1, 0.15) is 19.9 Å². The number of carbonyl (C=O) groups is 1. The molecule has 2 aromatic heterocycles. The van der Waals surface area contributed by atoms with Crippen molar-refractivity contribution in [3.8, 4) is 0 Å². The molecule has 24 heavy (non-hydrogen) atoms. The number of hydrogen-bond acceptors (Lipinski definition) is 6. The van der Waals surface area contributed by atoms with E-state index in [-0.39, 0.29) is 11.9 Å². The molecule has 4 rings (SSSR count). The van der Waals surface area contributed by atoms with E-state index in [1.54, 1.807) is 10.9 Å². The van der Waals surface area contributed by atoms with E-state index in [2.05, 4.69) is 31.0 Å². The fourth-order valence-electron chi connectivity index (χ4n) is 2.99. The van der Waals surface area contributed by atoms with Crippen LogP contribution in [0.15, 0.2) is 35.7 Å². The standard InChI is InChI=1S/C15H16N8O/c1-8-13(9(2)23-15(22(8)3)19-20-21-23)14(24)17-11-4-5-12-10(6-11)7-16-18-12/h4-7,9H,1-3H3,(H,16,18)(H,17,24). The Morgan fingerprint density at radius 2 is 2.21 bits per heavy atom. The number of tetrazole rings is 1. The molecule has 1 atom stereocenters. The van der Waals surface area contributed by atoms with Crippen LogP contribution in [0.5, 0.6) is 0 Å². The lowest BCUT2D eigenvalue weighted by Crippen LogP contribution is -2.34. The minimum Gasteiger partial charge on any atom is -0.322 e. The van der Waals surface area contributed by atoms with Crippen molar-refractivity contribution in [1.29, 1.82) is 0 Å². The molecule has 9 heteroatoms. The van der Waals surface area contributed by atoms with Gasteiger partial charge < -0.3 is 10.2 Å². The summed E-state index contributed by atoms with van der Waals surface area (Å²) in [5.41, 5.74) is 3.09. The Labute approximate surface area is 137 Å². The van der Waals surface area contributed by atoms with Gasteiger partial charge in [-0.25, -0.2) is 4.68 Å². The molecule has 0 saturated carbocycles. The van der Waals surface area contributed by atoms with E-state index < -0.39 is 0 Å². The van der Waals surface area contributed by atoms with Crippen LogP contribution < -0.4 is 10.2 Å². The first-order valence-electron chi connectivity index (χ1n) is 7.53. The summed E-state index contributed by atoms with van der Waals surface area (Å²) in [5, 5.41) is 22.4. The molecule has 0 saturated heterocycles. The lowest BCUT2D eigenvalue weighted by atomic mass is 10.0. The highest BCUT2D eigenvalue weighted by atomic mass is 16.1. The summed E-state index contributed by atoms with van der Waals surface area (Å²) >= 11 is 0. The average molecular weight is 324 g/mol. The predicted octanol–water partition coefficient (Wildman–Crippen LogP) is 1.47. The van der Waals surface area contributed by atoms with E-state index in [0.29, 0.717) is 17.2 Å². The number of rotatable bonds is 2. The molecule has 1 aromatic carbocycles. The number of hydrogen-bond donors (Lipinski definition) is 2. The largest absolute Gasteiger partial charge is 0.322 e. The molecule has 1 aliphatic heterocycles. The van der Waals surface area contributed by atoms with Crippen LogP contribution >= 0.6 is 0 Å². The number of benzene rings is 1. The number of H-pyrrole nitrogens is 1. The number of amides is 1. The molecule has 9 nitrogen and oxygen atoms in total. The Morgan fingerprint density at radius 3 is 3.04 bits per heavy atom. The van der Waals surface area contributed by atoms with Crippen molar-refractivity contribution in [3.63, 3.8) is 0 Å². The second-order valence-electron chi connectivity index (χ2n) is 5.78. The summed E-state index contributed by atoms with van der Waals surface area (Å²) in [5.74, 6) is 0.451. The van der Waals surface area contributed by atoms with E-state index >= 15 is 0 Å². The third-order valence-corrected chi connectivity index (χ3v) is 4.40. The van der Waals surface area contributed by atoms with Crippen molar-refractivity contribution in [2.75, 3.05) is 17.3 Å². The zero-order valence-electron chi connectivity index (χ0n) is 13.5. The Kier molecular flexibility index (Phi) is 3.08. The number of aromatic amines is 1. The van der Waals surface area contributed by atoms with Crippen molar-refractivity contribution < 1.29 is 4.79 Å². The molecular weight excluding hydrogens is 308 g/mol. The van der Waals surface area contributed by atoms with Gasteiger partial charge in [0, 0.05) is 23.8 Å².